The second kappa shape index (κ2) is 4.92. The summed E-state index contributed by atoms with van der Waals surface area (Å²) >= 11 is 0. The van der Waals surface area contributed by atoms with Crippen molar-refractivity contribution in [2.24, 2.45) is 0 Å². The molecule has 0 N–H and O–H groups in total. The number of hydrogen-bond acceptors (Lipinski definition) is 6. The number of furan rings is 1. The van der Waals surface area contributed by atoms with E-state index in [-0.39, 0.29) is 6.17 Å². The Morgan fingerprint density at radius 3 is 2.64 bits per heavy atom. The average Bonchev–Trinajstić information content (AvgIpc) is 3.11. The van der Waals surface area contributed by atoms with Crippen molar-refractivity contribution in [1.29, 1.82) is 0 Å². The van der Waals surface area contributed by atoms with Crippen LogP contribution in [0.25, 0.3) is 22.1 Å². The maximum absolute atomic E-state index is 6.16. The Bertz CT molecular complexity index is 1120. The van der Waals surface area contributed by atoms with Crippen molar-refractivity contribution < 1.29 is 4.42 Å². The van der Waals surface area contributed by atoms with Gasteiger partial charge in [0.2, 0.25) is 5.71 Å². The molecule has 1 aliphatic heterocycles. The van der Waals surface area contributed by atoms with E-state index in [0.29, 0.717) is 5.71 Å². The Hall–Kier alpha value is -3.15. The van der Waals surface area contributed by atoms with Crippen molar-refractivity contribution in [3.05, 3.63) is 48.4 Å². The number of aromatic nitrogens is 3. The van der Waals surface area contributed by atoms with Crippen molar-refractivity contribution in [2.45, 2.75) is 20.0 Å². The normalized spacial score (nSPS) is 16.8. The average molecular weight is 331 g/mol. The largest absolute Gasteiger partial charge is 0.435 e. The Kier molecular flexibility index (Phi) is 2.80. The predicted molar refractivity (Wildman–Crippen MR) is 98.3 cm³/mol. The topological polar surface area (TPSA) is 58.3 Å². The van der Waals surface area contributed by atoms with Gasteiger partial charge in [-0.15, -0.1) is 0 Å². The number of rotatable bonds is 1. The monoisotopic (exact) mass is 331 g/mol. The highest BCUT2D eigenvalue weighted by Crippen LogP contribution is 2.44. The second-order valence-electron chi connectivity index (χ2n) is 6.38. The molecule has 0 radical (unpaired) electrons. The Morgan fingerprint density at radius 2 is 1.80 bits per heavy atom. The summed E-state index contributed by atoms with van der Waals surface area (Å²) in [5, 5.41) is 2.09. The summed E-state index contributed by atoms with van der Waals surface area (Å²) in [6.45, 7) is 4.10. The quantitative estimate of drug-likeness (QED) is 0.525. The third-order valence-corrected chi connectivity index (χ3v) is 4.90. The number of aryl methyl sites for hydroxylation is 1. The maximum atomic E-state index is 6.16. The minimum atomic E-state index is 0.0888. The third-order valence-electron chi connectivity index (χ3n) is 4.90. The molecule has 124 valence electrons. The Labute approximate surface area is 144 Å². The summed E-state index contributed by atoms with van der Waals surface area (Å²) in [4.78, 5) is 17.9. The van der Waals surface area contributed by atoms with E-state index in [0.717, 1.165) is 39.4 Å². The van der Waals surface area contributed by atoms with Crippen molar-refractivity contribution in [3.8, 4) is 0 Å². The summed E-state index contributed by atoms with van der Waals surface area (Å²) in [6, 6.07) is 10.3. The second-order valence-corrected chi connectivity index (χ2v) is 6.38. The molecule has 1 aromatic carbocycles. The standard InChI is InChI=1S/C19H17N5O/c1-11-7-8-14-13-5-4-6-15(16(13)25-19(14)22-11)24-12(2)23(3)17-18(24)21-10-9-20-17/h4-10,12H,1-3H3. The lowest BCUT2D eigenvalue weighted by Crippen LogP contribution is -2.35. The number of para-hydroxylation sites is 1. The number of anilines is 3. The first-order valence-corrected chi connectivity index (χ1v) is 8.27. The van der Waals surface area contributed by atoms with E-state index in [9.17, 15) is 0 Å². The van der Waals surface area contributed by atoms with Crippen molar-refractivity contribution >= 4 is 39.4 Å². The number of fused-ring (bicyclic) bond motifs is 4. The van der Waals surface area contributed by atoms with Crippen LogP contribution in [0.3, 0.4) is 0 Å². The molecular formula is C19H17N5O. The van der Waals surface area contributed by atoms with Crippen LogP contribution in [0.1, 0.15) is 12.6 Å². The van der Waals surface area contributed by atoms with Gasteiger partial charge in [0.15, 0.2) is 17.2 Å². The van der Waals surface area contributed by atoms with Gasteiger partial charge in [-0.2, -0.15) is 0 Å². The number of nitrogens with zero attached hydrogens (tertiary/aromatic N) is 5. The first kappa shape index (κ1) is 14.2. The highest BCUT2D eigenvalue weighted by Gasteiger charge is 2.35. The molecule has 1 unspecified atom stereocenters. The number of pyridine rings is 1. The Balaban J connectivity index is 1.80. The fourth-order valence-corrected chi connectivity index (χ4v) is 3.53. The molecule has 5 rings (SSSR count). The summed E-state index contributed by atoms with van der Waals surface area (Å²) in [7, 11) is 2.03. The van der Waals surface area contributed by atoms with E-state index in [1.165, 1.54) is 0 Å². The molecule has 0 fully saturated rings. The lowest BCUT2D eigenvalue weighted by Gasteiger charge is -2.26. The number of hydrogen-bond donors (Lipinski definition) is 0. The molecule has 0 bridgehead atoms. The molecule has 0 saturated heterocycles. The molecule has 0 spiro atoms. The lowest BCUT2D eigenvalue weighted by atomic mass is 10.1. The van der Waals surface area contributed by atoms with Gasteiger partial charge in [-0.25, -0.2) is 15.0 Å². The summed E-state index contributed by atoms with van der Waals surface area (Å²) in [5.41, 5.74) is 3.42. The van der Waals surface area contributed by atoms with Gasteiger partial charge in [0, 0.05) is 35.9 Å². The van der Waals surface area contributed by atoms with Gasteiger partial charge in [-0.3, -0.25) is 4.90 Å². The zero-order valence-corrected chi connectivity index (χ0v) is 14.3. The molecule has 4 aromatic rings. The lowest BCUT2D eigenvalue weighted by molar-refractivity contribution is 0.647. The van der Waals surface area contributed by atoms with Gasteiger partial charge >= 0.3 is 0 Å². The molecule has 1 atom stereocenters. The van der Waals surface area contributed by atoms with Crippen LogP contribution < -0.4 is 9.80 Å². The fraction of sp³-hybridized carbons (Fsp3) is 0.211. The molecule has 0 amide bonds. The molecule has 4 heterocycles. The van der Waals surface area contributed by atoms with E-state index >= 15 is 0 Å². The SMILES string of the molecule is Cc1ccc2c(n1)oc1c(N3c4nccnc4N(C)C3C)cccc12. The van der Waals surface area contributed by atoms with E-state index in [1.807, 2.05) is 26.1 Å². The van der Waals surface area contributed by atoms with Crippen LogP contribution in [-0.2, 0) is 0 Å². The van der Waals surface area contributed by atoms with Gasteiger partial charge in [-0.05, 0) is 32.0 Å². The molecule has 0 saturated carbocycles. The van der Waals surface area contributed by atoms with Crippen molar-refractivity contribution in [3.63, 3.8) is 0 Å². The number of benzene rings is 1. The smallest absolute Gasteiger partial charge is 0.227 e. The van der Waals surface area contributed by atoms with E-state index in [2.05, 4.69) is 49.9 Å². The van der Waals surface area contributed by atoms with Gasteiger partial charge in [0.25, 0.3) is 0 Å². The van der Waals surface area contributed by atoms with Gasteiger partial charge in [-0.1, -0.05) is 12.1 Å². The van der Waals surface area contributed by atoms with Crippen LogP contribution in [0.4, 0.5) is 17.3 Å². The van der Waals surface area contributed by atoms with Crippen molar-refractivity contribution in [2.75, 3.05) is 16.8 Å². The predicted octanol–water partition coefficient (Wildman–Crippen LogP) is 4.01. The van der Waals surface area contributed by atoms with Crippen molar-refractivity contribution in [1.82, 2.24) is 15.0 Å². The molecular weight excluding hydrogens is 314 g/mol. The summed E-state index contributed by atoms with van der Waals surface area (Å²) in [5.74, 6) is 1.71. The first-order chi connectivity index (χ1) is 12.1. The molecule has 1 aliphatic rings. The molecule has 0 aliphatic carbocycles. The zero-order chi connectivity index (χ0) is 17.1. The minimum absolute atomic E-state index is 0.0888. The van der Waals surface area contributed by atoms with Crippen LogP contribution in [0.2, 0.25) is 0 Å². The molecule has 3 aromatic heterocycles. The van der Waals surface area contributed by atoms with Crippen LogP contribution >= 0.6 is 0 Å². The van der Waals surface area contributed by atoms with Gasteiger partial charge in [0.05, 0.1) is 5.69 Å². The highest BCUT2D eigenvalue weighted by atomic mass is 16.3. The minimum Gasteiger partial charge on any atom is -0.435 e. The third kappa shape index (κ3) is 1.88. The van der Waals surface area contributed by atoms with Crippen LogP contribution in [0.15, 0.2) is 47.1 Å². The van der Waals surface area contributed by atoms with Gasteiger partial charge < -0.3 is 9.32 Å². The maximum Gasteiger partial charge on any atom is 0.227 e. The molecule has 6 heteroatoms. The van der Waals surface area contributed by atoms with E-state index < -0.39 is 0 Å². The Morgan fingerprint density at radius 1 is 1.00 bits per heavy atom. The summed E-state index contributed by atoms with van der Waals surface area (Å²) in [6.07, 6.45) is 3.53. The highest BCUT2D eigenvalue weighted by molar-refractivity contribution is 6.08. The van der Waals surface area contributed by atoms with Crippen LogP contribution in [0, 0.1) is 6.92 Å². The van der Waals surface area contributed by atoms with E-state index in [4.69, 9.17) is 4.42 Å². The zero-order valence-electron chi connectivity index (χ0n) is 14.3. The first-order valence-electron chi connectivity index (χ1n) is 8.27. The van der Waals surface area contributed by atoms with Crippen LogP contribution in [0.5, 0.6) is 0 Å². The molecule has 6 nitrogen and oxygen atoms in total. The van der Waals surface area contributed by atoms with Gasteiger partial charge in [0.1, 0.15) is 6.17 Å². The van der Waals surface area contributed by atoms with E-state index in [1.54, 1.807) is 12.4 Å². The fourth-order valence-electron chi connectivity index (χ4n) is 3.53. The van der Waals surface area contributed by atoms with Crippen LogP contribution in [-0.4, -0.2) is 28.2 Å². The molecule has 25 heavy (non-hydrogen) atoms. The summed E-state index contributed by atoms with van der Waals surface area (Å²) < 4.78 is 6.16.